The van der Waals surface area contributed by atoms with E-state index in [1.165, 1.54) is 11.1 Å². The lowest BCUT2D eigenvalue weighted by molar-refractivity contribution is 0.363. The van der Waals surface area contributed by atoms with Crippen LogP contribution in [0.1, 0.15) is 18.1 Å². The first-order valence-corrected chi connectivity index (χ1v) is 6.93. The topological polar surface area (TPSA) is 35.2 Å². The maximum atomic E-state index is 5.81. The molecule has 2 N–H and O–H groups in total. The summed E-state index contributed by atoms with van der Waals surface area (Å²) in [5, 5.41) is 0. The van der Waals surface area contributed by atoms with Crippen molar-refractivity contribution in [1.82, 2.24) is 0 Å². The Bertz CT molecular complexity index is 546. The molecule has 0 radical (unpaired) electrons. The molecule has 0 bridgehead atoms. The lowest BCUT2D eigenvalue weighted by atomic mass is 10.1. The van der Waals surface area contributed by atoms with Gasteiger partial charge in [-0.25, -0.2) is 0 Å². The Kier molecular flexibility index (Phi) is 5.39. The van der Waals surface area contributed by atoms with Crippen LogP contribution >= 0.6 is 0 Å². The molecule has 0 aliphatic rings. The van der Waals surface area contributed by atoms with Gasteiger partial charge in [-0.2, -0.15) is 0 Å². The molecule has 0 aliphatic carbocycles. The van der Waals surface area contributed by atoms with E-state index in [1.807, 2.05) is 43.3 Å². The maximum absolute atomic E-state index is 5.81. The summed E-state index contributed by atoms with van der Waals surface area (Å²) in [5.74, 6) is 0.890. The van der Waals surface area contributed by atoms with Crippen LogP contribution < -0.4 is 10.5 Å². The standard InChI is InChI=1S/C18H21NO/c1-15(19)13-17-9-5-11-18(14-17)20-12-6-10-16-7-3-2-4-8-16/h2-11,14-15H,12-13,19H2,1H3/b10-6+. The van der Waals surface area contributed by atoms with Crippen molar-refractivity contribution >= 4 is 6.08 Å². The molecule has 2 aromatic carbocycles. The van der Waals surface area contributed by atoms with E-state index in [-0.39, 0.29) is 6.04 Å². The first-order valence-electron chi connectivity index (χ1n) is 6.93. The first-order chi connectivity index (χ1) is 9.74. The molecule has 0 spiro atoms. The van der Waals surface area contributed by atoms with Gasteiger partial charge in [0, 0.05) is 6.04 Å². The van der Waals surface area contributed by atoms with E-state index in [4.69, 9.17) is 10.5 Å². The average molecular weight is 267 g/mol. The molecule has 20 heavy (non-hydrogen) atoms. The fourth-order valence-electron chi connectivity index (χ4n) is 2.03. The number of nitrogens with two attached hydrogens (primary N) is 1. The van der Waals surface area contributed by atoms with E-state index in [0.29, 0.717) is 6.61 Å². The summed E-state index contributed by atoms with van der Waals surface area (Å²) in [6.07, 6.45) is 4.95. The highest BCUT2D eigenvalue weighted by atomic mass is 16.5. The molecule has 0 aliphatic heterocycles. The molecule has 1 unspecified atom stereocenters. The summed E-state index contributed by atoms with van der Waals surface area (Å²) in [7, 11) is 0. The van der Waals surface area contributed by atoms with Crippen LogP contribution in [-0.2, 0) is 6.42 Å². The number of ether oxygens (including phenoxy) is 1. The van der Waals surface area contributed by atoms with Crippen molar-refractivity contribution in [2.24, 2.45) is 5.73 Å². The zero-order chi connectivity index (χ0) is 14.2. The van der Waals surface area contributed by atoms with Crippen molar-refractivity contribution in [3.05, 3.63) is 71.8 Å². The first kappa shape index (κ1) is 14.4. The molecule has 0 saturated carbocycles. The Hall–Kier alpha value is -2.06. The van der Waals surface area contributed by atoms with Gasteiger partial charge in [0.25, 0.3) is 0 Å². The predicted molar refractivity (Wildman–Crippen MR) is 84.8 cm³/mol. The maximum Gasteiger partial charge on any atom is 0.120 e. The van der Waals surface area contributed by atoms with Crippen molar-refractivity contribution in [1.29, 1.82) is 0 Å². The monoisotopic (exact) mass is 267 g/mol. The molecular formula is C18H21NO. The van der Waals surface area contributed by atoms with Crippen LogP contribution in [0, 0.1) is 0 Å². The third-order valence-corrected chi connectivity index (χ3v) is 2.91. The molecule has 0 aromatic heterocycles. The van der Waals surface area contributed by atoms with Crippen LogP contribution in [0.15, 0.2) is 60.7 Å². The van der Waals surface area contributed by atoms with Gasteiger partial charge in [0.15, 0.2) is 0 Å². The van der Waals surface area contributed by atoms with Gasteiger partial charge in [-0.3, -0.25) is 0 Å². The highest BCUT2D eigenvalue weighted by Gasteiger charge is 1.99. The van der Waals surface area contributed by atoms with Crippen molar-refractivity contribution in [3.8, 4) is 5.75 Å². The molecule has 2 heteroatoms. The van der Waals surface area contributed by atoms with Crippen LogP contribution in [0.25, 0.3) is 6.08 Å². The summed E-state index contributed by atoms with van der Waals surface area (Å²) >= 11 is 0. The lowest BCUT2D eigenvalue weighted by Crippen LogP contribution is -2.17. The SMILES string of the molecule is CC(N)Cc1cccc(OC/C=C/c2ccccc2)c1. The normalized spacial score (nSPS) is 12.5. The van der Waals surface area contributed by atoms with E-state index in [9.17, 15) is 0 Å². The van der Waals surface area contributed by atoms with Gasteiger partial charge in [0.1, 0.15) is 12.4 Å². The molecule has 104 valence electrons. The fraction of sp³-hybridized carbons (Fsp3) is 0.222. The highest BCUT2D eigenvalue weighted by Crippen LogP contribution is 2.14. The highest BCUT2D eigenvalue weighted by molar-refractivity contribution is 5.48. The van der Waals surface area contributed by atoms with Crippen LogP contribution in [0.3, 0.4) is 0 Å². The number of benzene rings is 2. The molecule has 0 heterocycles. The second-order valence-electron chi connectivity index (χ2n) is 4.95. The van der Waals surface area contributed by atoms with E-state index in [2.05, 4.69) is 30.3 Å². The smallest absolute Gasteiger partial charge is 0.120 e. The molecule has 0 fully saturated rings. The summed E-state index contributed by atoms with van der Waals surface area (Å²) in [5.41, 5.74) is 8.20. The molecule has 2 aromatic rings. The molecule has 1 atom stereocenters. The summed E-state index contributed by atoms with van der Waals surface area (Å²) in [6.45, 7) is 2.58. The van der Waals surface area contributed by atoms with Crippen LogP contribution in [0.2, 0.25) is 0 Å². The van der Waals surface area contributed by atoms with Crippen molar-refractivity contribution in [2.75, 3.05) is 6.61 Å². The average Bonchev–Trinajstić information content (AvgIpc) is 2.44. The van der Waals surface area contributed by atoms with Gasteiger partial charge < -0.3 is 10.5 Å². The zero-order valence-corrected chi connectivity index (χ0v) is 11.8. The zero-order valence-electron chi connectivity index (χ0n) is 11.8. The van der Waals surface area contributed by atoms with Gasteiger partial charge in [0.05, 0.1) is 0 Å². The number of hydrogen-bond acceptors (Lipinski definition) is 2. The van der Waals surface area contributed by atoms with E-state index < -0.39 is 0 Å². The predicted octanol–water partition coefficient (Wildman–Crippen LogP) is 3.67. The van der Waals surface area contributed by atoms with Crippen LogP contribution in [0.5, 0.6) is 5.75 Å². The van der Waals surface area contributed by atoms with Crippen molar-refractivity contribution < 1.29 is 4.74 Å². The quantitative estimate of drug-likeness (QED) is 0.866. The van der Waals surface area contributed by atoms with Gasteiger partial charge in [-0.05, 0) is 42.7 Å². The van der Waals surface area contributed by atoms with E-state index in [0.717, 1.165) is 12.2 Å². The van der Waals surface area contributed by atoms with Crippen LogP contribution in [-0.4, -0.2) is 12.6 Å². The van der Waals surface area contributed by atoms with Gasteiger partial charge in [-0.15, -0.1) is 0 Å². The Morgan fingerprint density at radius 1 is 1.10 bits per heavy atom. The summed E-state index contributed by atoms with van der Waals surface area (Å²) in [6, 6.07) is 18.5. The minimum Gasteiger partial charge on any atom is -0.490 e. The lowest BCUT2D eigenvalue weighted by Gasteiger charge is -2.08. The molecule has 0 saturated heterocycles. The van der Waals surface area contributed by atoms with Crippen molar-refractivity contribution in [3.63, 3.8) is 0 Å². The molecule has 0 amide bonds. The largest absolute Gasteiger partial charge is 0.490 e. The van der Waals surface area contributed by atoms with E-state index in [1.54, 1.807) is 0 Å². The minimum absolute atomic E-state index is 0.170. The summed E-state index contributed by atoms with van der Waals surface area (Å²) in [4.78, 5) is 0. The Balaban J connectivity index is 1.86. The molecular weight excluding hydrogens is 246 g/mol. The third kappa shape index (κ3) is 4.90. The Labute approximate surface area is 120 Å². The number of rotatable bonds is 6. The van der Waals surface area contributed by atoms with Crippen LogP contribution in [0.4, 0.5) is 0 Å². The number of hydrogen-bond donors (Lipinski definition) is 1. The third-order valence-electron chi connectivity index (χ3n) is 2.91. The van der Waals surface area contributed by atoms with Gasteiger partial charge >= 0.3 is 0 Å². The Morgan fingerprint density at radius 3 is 2.65 bits per heavy atom. The minimum atomic E-state index is 0.170. The molecule has 2 rings (SSSR count). The van der Waals surface area contributed by atoms with Crippen molar-refractivity contribution in [2.45, 2.75) is 19.4 Å². The molecule has 2 nitrogen and oxygen atoms in total. The second kappa shape index (κ2) is 7.51. The Morgan fingerprint density at radius 2 is 1.90 bits per heavy atom. The van der Waals surface area contributed by atoms with Gasteiger partial charge in [0.2, 0.25) is 0 Å². The van der Waals surface area contributed by atoms with Gasteiger partial charge in [-0.1, -0.05) is 48.5 Å². The summed E-state index contributed by atoms with van der Waals surface area (Å²) < 4.78 is 5.72. The second-order valence-corrected chi connectivity index (χ2v) is 4.95. The van der Waals surface area contributed by atoms with E-state index >= 15 is 0 Å². The fourth-order valence-corrected chi connectivity index (χ4v) is 2.03.